The molecule has 1 aliphatic heterocycles. The van der Waals surface area contributed by atoms with Crippen LogP contribution in [0.5, 0.6) is 0 Å². The van der Waals surface area contributed by atoms with Crippen LogP contribution >= 0.6 is 0 Å². The van der Waals surface area contributed by atoms with E-state index in [1.54, 1.807) is 5.56 Å². The number of carbonyl (C=O) groups is 2. The first kappa shape index (κ1) is 25.8. The molecule has 2 saturated carbocycles. The molecule has 5 atom stereocenters. The topological polar surface area (TPSA) is 58.6 Å². The van der Waals surface area contributed by atoms with Gasteiger partial charge in [0.05, 0.1) is 13.2 Å². The van der Waals surface area contributed by atoms with Gasteiger partial charge in [-0.1, -0.05) is 32.8 Å². The predicted octanol–water partition coefficient (Wildman–Crippen LogP) is 5.97. The van der Waals surface area contributed by atoms with E-state index in [0.717, 1.165) is 58.2 Å². The van der Waals surface area contributed by atoms with Crippen molar-refractivity contribution in [2.75, 3.05) is 38.2 Å². The number of carbonyl (C=O) groups excluding carboxylic acids is 2. The van der Waals surface area contributed by atoms with Gasteiger partial charge in [0.25, 0.3) is 0 Å². The van der Waals surface area contributed by atoms with Crippen LogP contribution in [0.3, 0.4) is 0 Å². The highest BCUT2D eigenvalue weighted by atomic mass is 16.5. The average molecular weight is 495 g/mol. The molecule has 198 valence electrons. The number of ketones is 1. The van der Waals surface area contributed by atoms with Crippen LogP contribution in [0, 0.1) is 23.2 Å². The number of unbranched alkanes of at least 4 members (excludes halogenated alkanes) is 2. The summed E-state index contributed by atoms with van der Waals surface area (Å²) in [5, 5.41) is 3.63. The van der Waals surface area contributed by atoms with Gasteiger partial charge in [0.1, 0.15) is 5.78 Å². The van der Waals surface area contributed by atoms with E-state index in [2.05, 4.69) is 37.4 Å². The standard InChI is InChI=1S/C31H46N2O3/c1-3-4-5-15-32-24-10-12-25-22(20-24)9-11-27-26(25)13-14-31(2)28(34)21-23(30(27)31)7-6-8-29(35)33-16-18-36-19-17-33/h10,12,20,23,26-27,30,32H,3-9,11,13-19,21H2,1-2H3/t23-,26+,27+,30-,31+/m0/s1. The Balaban J connectivity index is 1.24. The van der Waals surface area contributed by atoms with Crippen molar-refractivity contribution < 1.29 is 14.3 Å². The number of anilines is 1. The van der Waals surface area contributed by atoms with Gasteiger partial charge in [0, 0.05) is 43.6 Å². The second kappa shape index (κ2) is 11.2. The lowest BCUT2D eigenvalue weighted by atomic mass is 9.54. The number of hydrogen-bond donors (Lipinski definition) is 1. The molecule has 1 saturated heterocycles. The average Bonchev–Trinajstić information content (AvgIpc) is 3.16. The Kier molecular flexibility index (Phi) is 8.05. The molecule has 1 aromatic carbocycles. The summed E-state index contributed by atoms with van der Waals surface area (Å²) >= 11 is 0. The number of ether oxygens (including phenoxy) is 1. The third kappa shape index (κ3) is 5.10. The zero-order valence-corrected chi connectivity index (χ0v) is 22.5. The molecule has 3 fully saturated rings. The Labute approximate surface area is 217 Å². The summed E-state index contributed by atoms with van der Waals surface area (Å²) in [4.78, 5) is 27.9. The molecular formula is C31H46N2O3. The molecule has 5 rings (SSSR count). The molecule has 3 aliphatic carbocycles. The van der Waals surface area contributed by atoms with E-state index >= 15 is 0 Å². The minimum Gasteiger partial charge on any atom is -0.385 e. The lowest BCUT2D eigenvalue weighted by Gasteiger charge is -2.50. The molecule has 5 heteroatoms. The lowest BCUT2D eigenvalue weighted by molar-refractivity contribution is -0.135. The number of amides is 1. The highest BCUT2D eigenvalue weighted by molar-refractivity contribution is 5.87. The minimum atomic E-state index is -0.154. The van der Waals surface area contributed by atoms with Gasteiger partial charge in [-0.25, -0.2) is 0 Å². The molecule has 5 nitrogen and oxygen atoms in total. The van der Waals surface area contributed by atoms with Crippen LogP contribution in [0.15, 0.2) is 18.2 Å². The SMILES string of the molecule is CCCCCNc1ccc2c(c1)CC[C@H]1[C@@H]3[C@@H](CCCC(=O)N4CCOCC4)CC(=O)[C@@]3(C)CC[C@H]21. The van der Waals surface area contributed by atoms with Crippen molar-refractivity contribution in [2.24, 2.45) is 23.2 Å². The number of morpholine rings is 1. The van der Waals surface area contributed by atoms with E-state index in [0.29, 0.717) is 49.1 Å². The van der Waals surface area contributed by atoms with Gasteiger partial charge >= 0.3 is 0 Å². The van der Waals surface area contributed by atoms with Gasteiger partial charge in [0.2, 0.25) is 5.91 Å². The summed E-state index contributed by atoms with van der Waals surface area (Å²) in [6, 6.07) is 7.08. The molecule has 0 unspecified atom stereocenters. The monoisotopic (exact) mass is 494 g/mol. The molecule has 4 aliphatic rings. The van der Waals surface area contributed by atoms with Crippen molar-refractivity contribution in [2.45, 2.75) is 90.4 Å². The fourth-order valence-electron chi connectivity index (χ4n) is 8.11. The van der Waals surface area contributed by atoms with Crippen molar-refractivity contribution in [3.63, 3.8) is 0 Å². The molecule has 0 aromatic heterocycles. The summed E-state index contributed by atoms with van der Waals surface area (Å²) in [5.41, 5.74) is 4.19. The van der Waals surface area contributed by atoms with Crippen molar-refractivity contribution in [1.29, 1.82) is 0 Å². The molecule has 0 radical (unpaired) electrons. The number of fused-ring (bicyclic) bond motifs is 5. The first-order valence-corrected chi connectivity index (χ1v) is 14.8. The first-order valence-electron chi connectivity index (χ1n) is 14.8. The Morgan fingerprint density at radius 3 is 2.81 bits per heavy atom. The zero-order chi connectivity index (χ0) is 25.1. The van der Waals surface area contributed by atoms with Crippen molar-refractivity contribution in [3.8, 4) is 0 Å². The Bertz CT molecular complexity index is 940. The number of aryl methyl sites for hydroxylation is 1. The van der Waals surface area contributed by atoms with Crippen LogP contribution in [-0.4, -0.2) is 49.4 Å². The van der Waals surface area contributed by atoms with Gasteiger partial charge < -0.3 is 15.0 Å². The van der Waals surface area contributed by atoms with Gasteiger partial charge in [-0.3, -0.25) is 9.59 Å². The summed E-state index contributed by atoms with van der Waals surface area (Å²) in [6.45, 7) is 8.33. The van der Waals surface area contributed by atoms with E-state index < -0.39 is 0 Å². The smallest absolute Gasteiger partial charge is 0.222 e. The third-order valence-electron chi connectivity index (χ3n) is 10.0. The number of Topliss-reactive ketones (excluding diaryl/α,β-unsaturated/α-hetero) is 1. The minimum absolute atomic E-state index is 0.154. The number of nitrogens with one attached hydrogen (secondary N) is 1. The van der Waals surface area contributed by atoms with Crippen LogP contribution in [0.2, 0.25) is 0 Å². The largest absolute Gasteiger partial charge is 0.385 e. The van der Waals surface area contributed by atoms with Gasteiger partial charge in [-0.2, -0.15) is 0 Å². The second-order valence-electron chi connectivity index (χ2n) is 12.1. The Morgan fingerprint density at radius 1 is 1.17 bits per heavy atom. The number of hydrogen-bond acceptors (Lipinski definition) is 4. The molecule has 1 heterocycles. The maximum atomic E-state index is 13.3. The third-order valence-corrected chi connectivity index (χ3v) is 10.0. The van der Waals surface area contributed by atoms with E-state index in [1.807, 2.05) is 4.90 Å². The van der Waals surface area contributed by atoms with Crippen molar-refractivity contribution in [1.82, 2.24) is 4.90 Å². The van der Waals surface area contributed by atoms with Gasteiger partial charge in [0.15, 0.2) is 0 Å². The van der Waals surface area contributed by atoms with Crippen LogP contribution in [0.1, 0.15) is 95.1 Å². The number of nitrogens with zero attached hydrogens (tertiary/aromatic N) is 1. The van der Waals surface area contributed by atoms with E-state index in [9.17, 15) is 9.59 Å². The fraction of sp³-hybridized carbons (Fsp3) is 0.742. The van der Waals surface area contributed by atoms with Crippen LogP contribution in [-0.2, 0) is 20.7 Å². The van der Waals surface area contributed by atoms with Crippen LogP contribution in [0.25, 0.3) is 0 Å². The maximum absolute atomic E-state index is 13.3. The van der Waals surface area contributed by atoms with Crippen molar-refractivity contribution >= 4 is 17.4 Å². The fourth-order valence-corrected chi connectivity index (χ4v) is 8.11. The van der Waals surface area contributed by atoms with E-state index in [-0.39, 0.29) is 11.3 Å². The molecule has 1 N–H and O–H groups in total. The molecular weight excluding hydrogens is 448 g/mol. The molecule has 0 bridgehead atoms. The predicted molar refractivity (Wildman–Crippen MR) is 144 cm³/mol. The van der Waals surface area contributed by atoms with Crippen molar-refractivity contribution in [3.05, 3.63) is 29.3 Å². The second-order valence-corrected chi connectivity index (χ2v) is 12.1. The molecule has 1 aromatic rings. The summed E-state index contributed by atoms with van der Waals surface area (Å²) < 4.78 is 5.39. The quantitative estimate of drug-likeness (QED) is 0.430. The van der Waals surface area contributed by atoms with Crippen LogP contribution < -0.4 is 5.32 Å². The highest BCUT2D eigenvalue weighted by Crippen LogP contribution is 2.62. The first-order chi connectivity index (χ1) is 17.5. The van der Waals surface area contributed by atoms with Crippen LogP contribution in [0.4, 0.5) is 5.69 Å². The zero-order valence-electron chi connectivity index (χ0n) is 22.5. The Hall–Kier alpha value is -1.88. The lowest BCUT2D eigenvalue weighted by Crippen LogP contribution is -2.44. The number of rotatable bonds is 9. The van der Waals surface area contributed by atoms with E-state index in [4.69, 9.17) is 4.74 Å². The summed E-state index contributed by atoms with van der Waals surface area (Å²) in [5.74, 6) is 2.86. The Morgan fingerprint density at radius 2 is 2.00 bits per heavy atom. The molecule has 36 heavy (non-hydrogen) atoms. The summed E-state index contributed by atoms with van der Waals surface area (Å²) in [6.07, 6.45) is 11.5. The van der Waals surface area contributed by atoms with Gasteiger partial charge in [-0.15, -0.1) is 0 Å². The molecule has 0 spiro atoms. The normalized spacial score (nSPS) is 31.5. The van der Waals surface area contributed by atoms with Gasteiger partial charge in [-0.05, 0) is 91.9 Å². The maximum Gasteiger partial charge on any atom is 0.222 e. The number of benzene rings is 1. The summed E-state index contributed by atoms with van der Waals surface area (Å²) in [7, 11) is 0. The van der Waals surface area contributed by atoms with E-state index in [1.165, 1.54) is 36.9 Å². The molecule has 1 amide bonds. The highest BCUT2D eigenvalue weighted by Gasteiger charge is 2.58.